The molecule has 0 aromatic heterocycles. The second-order valence-electron chi connectivity index (χ2n) is 14.9. The summed E-state index contributed by atoms with van der Waals surface area (Å²) in [6.07, 6.45) is 3.00. The third kappa shape index (κ3) is 7.47. The second kappa shape index (κ2) is 13.9. The molecular weight excluding hydrogens is 636 g/mol. The molecule has 0 unspecified atom stereocenters. The summed E-state index contributed by atoms with van der Waals surface area (Å²) >= 11 is 6.94. The molecule has 3 aliphatic rings. The third-order valence-corrected chi connectivity index (χ3v) is 9.84. The van der Waals surface area contributed by atoms with E-state index in [2.05, 4.69) is 50.0 Å². The molecule has 0 fully saturated rings. The molecule has 3 aromatic carbocycles. The first-order valence-electron chi connectivity index (χ1n) is 17.1. The van der Waals surface area contributed by atoms with Crippen molar-refractivity contribution in [2.45, 2.75) is 72.6 Å². The van der Waals surface area contributed by atoms with Gasteiger partial charge in [0.2, 0.25) is 0 Å². The van der Waals surface area contributed by atoms with E-state index in [1.54, 1.807) is 18.2 Å². The van der Waals surface area contributed by atoms with Gasteiger partial charge in [-0.15, -0.1) is 0 Å². The summed E-state index contributed by atoms with van der Waals surface area (Å²) in [7, 11) is 0. The van der Waals surface area contributed by atoms with Crippen LogP contribution in [-0.4, -0.2) is 42.1 Å². The van der Waals surface area contributed by atoms with Crippen LogP contribution in [0.1, 0.15) is 77.3 Å². The highest BCUT2D eigenvalue weighted by Crippen LogP contribution is 2.55. The molecule has 1 N–H and O–H groups in total. The van der Waals surface area contributed by atoms with E-state index in [0.717, 1.165) is 17.8 Å². The number of hydrogen-bond acceptors (Lipinski definition) is 6. The Morgan fingerprint density at radius 1 is 0.837 bits per heavy atom. The molecule has 8 heteroatoms. The van der Waals surface area contributed by atoms with E-state index >= 15 is 0 Å². The molecule has 0 saturated heterocycles. The van der Waals surface area contributed by atoms with Gasteiger partial charge in [-0.1, -0.05) is 87.8 Å². The molecule has 0 bridgehead atoms. The fraction of sp³-hybridized carbons (Fsp3) is 0.390. The highest BCUT2D eigenvalue weighted by Gasteiger charge is 2.49. The fourth-order valence-electron chi connectivity index (χ4n) is 7.55. The molecule has 0 radical (unpaired) electrons. The summed E-state index contributed by atoms with van der Waals surface area (Å²) in [5.41, 5.74) is 5.45. The number of halogens is 1. The quantitative estimate of drug-likeness (QED) is 0.231. The summed E-state index contributed by atoms with van der Waals surface area (Å²) in [6, 6.07) is 23.1. The predicted octanol–water partition coefficient (Wildman–Crippen LogP) is 8.68. The Bertz CT molecular complexity index is 1770. The summed E-state index contributed by atoms with van der Waals surface area (Å²) in [6.45, 7) is 11.1. The Morgan fingerprint density at radius 2 is 1.41 bits per heavy atom. The van der Waals surface area contributed by atoms with Gasteiger partial charge in [0.15, 0.2) is 29.7 Å². The summed E-state index contributed by atoms with van der Waals surface area (Å²) in [5.74, 6) is -0.217. The smallest absolute Gasteiger partial charge is 0.262 e. The summed E-state index contributed by atoms with van der Waals surface area (Å²) in [4.78, 5) is 43.6. The van der Waals surface area contributed by atoms with Gasteiger partial charge in [0.1, 0.15) is 0 Å². The Balaban J connectivity index is 1.43. The van der Waals surface area contributed by atoms with Gasteiger partial charge in [-0.2, -0.15) is 0 Å². The minimum absolute atomic E-state index is 0.0529. The Kier molecular flexibility index (Phi) is 9.76. The molecule has 0 atom stereocenters. The number of ether oxygens (including phenoxy) is 2. The van der Waals surface area contributed by atoms with E-state index in [1.165, 1.54) is 5.56 Å². The topological polar surface area (TPSA) is 84.9 Å². The molecular formula is C41H45ClN2O5. The van der Waals surface area contributed by atoms with Crippen LogP contribution in [0, 0.1) is 10.8 Å². The number of nitrogens with zero attached hydrogens (tertiary/aromatic N) is 1. The van der Waals surface area contributed by atoms with Crippen LogP contribution in [0.4, 0.5) is 5.69 Å². The number of rotatable bonds is 10. The van der Waals surface area contributed by atoms with Crippen LogP contribution in [0.5, 0.6) is 11.5 Å². The van der Waals surface area contributed by atoms with E-state index in [4.69, 9.17) is 21.1 Å². The van der Waals surface area contributed by atoms with Crippen LogP contribution in [0.2, 0.25) is 5.02 Å². The number of carbonyl (C=O) groups excluding carboxylic acids is 3. The molecule has 1 aliphatic heterocycles. The fourth-order valence-corrected chi connectivity index (χ4v) is 7.82. The van der Waals surface area contributed by atoms with Gasteiger partial charge in [-0.25, -0.2) is 0 Å². The maximum atomic E-state index is 14.3. The van der Waals surface area contributed by atoms with Crippen LogP contribution < -0.4 is 14.8 Å². The van der Waals surface area contributed by atoms with Gasteiger partial charge in [0, 0.05) is 53.5 Å². The van der Waals surface area contributed by atoms with Gasteiger partial charge in [0.05, 0.1) is 11.6 Å². The SMILES string of the molecule is CCOc1cc(C2C3=C(CC(C)(C)CC3=O)N(CCc3ccccc3)C3=C2C(=O)CC(C)(C)C3)cc(Cl)c1OCC(=O)Nc1ccccc1. The Labute approximate surface area is 294 Å². The van der Waals surface area contributed by atoms with Crippen molar-refractivity contribution in [1.29, 1.82) is 0 Å². The second-order valence-corrected chi connectivity index (χ2v) is 15.3. The van der Waals surface area contributed by atoms with Gasteiger partial charge in [-0.05, 0) is 72.4 Å². The molecule has 2 aliphatic carbocycles. The van der Waals surface area contributed by atoms with Crippen molar-refractivity contribution >= 4 is 34.8 Å². The van der Waals surface area contributed by atoms with E-state index in [9.17, 15) is 14.4 Å². The van der Waals surface area contributed by atoms with Crippen LogP contribution in [0.25, 0.3) is 0 Å². The van der Waals surface area contributed by atoms with Gasteiger partial charge < -0.3 is 19.7 Å². The van der Waals surface area contributed by atoms with Crippen molar-refractivity contribution in [3.63, 3.8) is 0 Å². The minimum Gasteiger partial charge on any atom is -0.490 e. The highest BCUT2D eigenvalue weighted by molar-refractivity contribution is 6.32. The van der Waals surface area contributed by atoms with E-state index in [1.807, 2.05) is 49.4 Å². The molecule has 1 heterocycles. The zero-order valence-corrected chi connectivity index (χ0v) is 29.8. The number of hydrogen-bond donors (Lipinski definition) is 1. The van der Waals surface area contributed by atoms with Crippen molar-refractivity contribution in [2.75, 3.05) is 25.1 Å². The molecule has 0 spiro atoms. The van der Waals surface area contributed by atoms with Gasteiger partial charge in [-0.3, -0.25) is 14.4 Å². The predicted molar refractivity (Wildman–Crippen MR) is 193 cm³/mol. The summed E-state index contributed by atoms with van der Waals surface area (Å²) in [5, 5.41) is 3.06. The zero-order chi connectivity index (χ0) is 34.9. The monoisotopic (exact) mass is 680 g/mol. The Morgan fingerprint density at radius 3 is 1.98 bits per heavy atom. The number of anilines is 1. The highest BCUT2D eigenvalue weighted by atomic mass is 35.5. The maximum Gasteiger partial charge on any atom is 0.262 e. The molecule has 3 aromatic rings. The number of nitrogens with one attached hydrogen (secondary N) is 1. The number of Topliss-reactive ketones (excluding diaryl/α,β-unsaturated/α-hetero) is 2. The van der Waals surface area contributed by atoms with Crippen molar-refractivity contribution in [3.05, 3.63) is 111 Å². The third-order valence-electron chi connectivity index (χ3n) is 9.56. The van der Waals surface area contributed by atoms with E-state index in [-0.39, 0.29) is 45.7 Å². The minimum atomic E-state index is -0.586. The van der Waals surface area contributed by atoms with Crippen molar-refractivity contribution in [3.8, 4) is 11.5 Å². The first-order valence-corrected chi connectivity index (χ1v) is 17.5. The van der Waals surface area contributed by atoms with Gasteiger partial charge in [0.25, 0.3) is 5.91 Å². The lowest BCUT2D eigenvalue weighted by Gasteiger charge is -2.49. The number of para-hydroxylation sites is 1. The van der Waals surface area contributed by atoms with Crippen LogP contribution in [0.3, 0.4) is 0 Å². The average molecular weight is 681 g/mol. The van der Waals surface area contributed by atoms with Crippen molar-refractivity contribution in [1.82, 2.24) is 4.90 Å². The maximum absolute atomic E-state index is 14.3. The van der Waals surface area contributed by atoms with Crippen molar-refractivity contribution in [2.24, 2.45) is 10.8 Å². The zero-order valence-electron chi connectivity index (χ0n) is 29.0. The standard InChI is InChI=1S/C41H45ClN2O5/c1-6-48-34-20-27(19-29(42)39(34)49-25-35(47)43-28-15-11-8-12-16-28)36-37-30(21-40(2,3)23-32(37)45)44(18-17-26-13-9-7-10-14-26)31-22-41(4,5)24-33(46)38(31)36/h7-16,19-20,36H,6,17-18,21-25H2,1-5H3,(H,43,47). The number of carbonyl (C=O) groups is 3. The first-order chi connectivity index (χ1) is 23.4. The summed E-state index contributed by atoms with van der Waals surface area (Å²) < 4.78 is 12.0. The lowest BCUT2D eigenvalue weighted by atomic mass is 9.63. The van der Waals surface area contributed by atoms with Crippen LogP contribution in [-0.2, 0) is 20.8 Å². The number of allylic oxidation sites excluding steroid dienone is 4. The first kappa shape index (κ1) is 34.5. The van der Waals surface area contributed by atoms with Crippen LogP contribution in [0.15, 0.2) is 95.3 Å². The lowest BCUT2D eigenvalue weighted by Crippen LogP contribution is -2.45. The lowest BCUT2D eigenvalue weighted by molar-refractivity contribution is -0.120. The number of amides is 1. The average Bonchev–Trinajstić information content (AvgIpc) is 3.03. The Hall–Kier alpha value is -4.36. The molecule has 256 valence electrons. The molecule has 1 amide bonds. The molecule has 6 rings (SSSR count). The van der Waals surface area contributed by atoms with Gasteiger partial charge >= 0.3 is 0 Å². The van der Waals surface area contributed by atoms with E-state index < -0.39 is 5.92 Å². The molecule has 49 heavy (non-hydrogen) atoms. The van der Waals surface area contributed by atoms with E-state index in [0.29, 0.717) is 67.0 Å². The normalized spacial score (nSPS) is 18.6. The number of ketones is 2. The molecule has 7 nitrogen and oxygen atoms in total. The largest absolute Gasteiger partial charge is 0.490 e. The van der Waals surface area contributed by atoms with Crippen LogP contribution >= 0.6 is 11.6 Å². The van der Waals surface area contributed by atoms with Crippen molar-refractivity contribution < 1.29 is 23.9 Å². The molecule has 0 saturated carbocycles. The number of benzene rings is 3.